The molecule has 0 bridgehead atoms. The quantitative estimate of drug-likeness (QED) is 0.488. The van der Waals surface area contributed by atoms with Gasteiger partial charge in [-0.25, -0.2) is 4.79 Å². The van der Waals surface area contributed by atoms with Gasteiger partial charge < -0.3 is 13.9 Å². The highest BCUT2D eigenvalue weighted by atomic mass is 32.2. The van der Waals surface area contributed by atoms with Gasteiger partial charge in [-0.15, -0.1) is 11.8 Å². The Hall–Kier alpha value is -2.40. The molecule has 0 aliphatic carbocycles. The smallest absolute Gasteiger partial charge is 0.336 e. The van der Waals surface area contributed by atoms with Crippen molar-refractivity contribution in [3.05, 3.63) is 63.5 Å². The van der Waals surface area contributed by atoms with Crippen LogP contribution in [0.4, 0.5) is 0 Å². The first kappa shape index (κ1) is 17.0. The van der Waals surface area contributed by atoms with Crippen molar-refractivity contribution in [2.24, 2.45) is 0 Å². The Morgan fingerprint density at radius 3 is 2.58 bits per heavy atom. The van der Waals surface area contributed by atoms with Crippen molar-refractivity contribution in [2.75, 3.05) is 13.2 Å². The van der Waals surface area contributed by atoms with Crippen LogP contribution in [0.15, 0.2) is 50.5 Å². The molecule has 1 aromatic heterocycles. The van der Waals surface area contributed by atoms with Gasteiger partial charge in [-0.3, -0.25) is 0 Å². The standard InChI is InChI=1S/C21H20O4S/c1-13-8-17-15(10-21(22)25-19(17)9-14(13)2)12-26-16-4-5-18-20(11-16)24-7-3-6-23-18/h4-5,8-11H,3,6-7,12H2,1-2H3. The Morgan fingerprint density at radius 2 is 1.73 bits per heavy atom. The lowest BCUT2D eigenvalue weighted by molar-refractivity contribution is 0.297. The maximum absolute atomic E-state index is 11.9. The minimum absolute atomic E-state index is 0.310. The van der Waals surface area contributed by atoms with Crippen LogP contribution in [-0.2, 0) is 5.75 Å². The molecule has 134 valence electrons. The molecule has 4 rings (SSSR count). The minimum Gasteiger partial charge on any atom is -0.490 e. The molecule has 3 aromatic rings. The molecule has 0 saturated carbocycles. The summed E-state index contributed by atoms with van der Waals surface area (Å²) in [6, 6.07) is 11.6. The zero-order valence-electron chi connectivity index (χ0n) is 14.8. The second-order valence-electron chi connectivity index (χ2n) is 6.47. The van der Waals surface area contributed by atoms with Crippen molar-refractivity contribution >= 4 is 22.7 Å². The van der Waals surface area contributed by atoms with Crippen LogP contribution in [0.5, 0.6) is 11.5 Å². The molecule has 5 heteroatoms. The fourth-order valence-corrected chi connectivity index (χ4v) is 3.91. The van der Waals surface area contributed by atoms with Gasteiger partial charge in [0.1, 0.15) is 5.58 Å². The SMILES string of the molecule is Cc1cc2oc(=O)cc(CSc3ccc4c(c3)OCCCO4)c2cc1C. The third-order valence-corrected chi connectivity index (χ3v) is 5.60. The molecule has 1 aliphatic rings. The normalized spacial score (nSPS) is 13.6. The van der Waals surface area contributed by atoms with E-state index < -0.39 is 0 Å². The molecule has 0 radical (unpaired) electrons. The van der Waals surface area contributed by atoms with E-state index >= 15 is 0 Å². The summed E-state index contributed by atoms with van der Waals surface area (Å²) in [6.07, 6.45) is 0.891. The van der Waals surface area contributed by atoms with Crippen LogP contribution in [0.3, 0.4) is 0 Å². The number of rotatable bonds is 3. The summed E-state index contributed by atoms with van der Waals surface area (Å²) < 4.78 is 16.8. The molecular weight excluding hydrogens is 348 g/mol. The summed E-state index contributed by atoms with van der Waals surface area (Å²) in [5.41, 5.74) is 3.63. The summed E-state index contributed by atoms with van der Waals surface area (Å²) in [5, 5.41) is 0.995. The van der Waals surface area contributed by atoms with Crippen molar-refractivity contribution in [3.8, 4) is 11.5 Å². The van der Waals surface area contributed by atoms with Crippen LogP contribution in [0.1, 0.15) is 23.1 Å². The fourth-order valence-electron chi connectivity index (χ4n) is 3.00. The molecule has 0 fully saturated rings. The predicted molar refractivity (Wildman–Crippen MR) is 104 cm³/mol. The maximum atomic E-state index is 11.9. The number of hydrogen-bond acceptors (Lipinski definition) is 5. The zero-order valence-corrected chi connectivity index (χ0v) is 15.7. The largest absolute Gasteiger partial charge is 0.490 e. The Balaban J connectivity index is 1.63. The lowest BCUT2D eigenvalue weighted by Crippen LogP contribution is -2.00. The van der Waals surface area contributed by atoms with E-state index in [4.69, 9.17) is 13.9 Å². The van der Waals surface area contributed by atoms with E-state index in [2.05, 4.69) is 13.0 Å². The van der Waals surface area contributed by atoms with Crippen LogP contribution >= 0.6 is 11.8 Å². The van der Waals surface area contributed by atoms with Crippen LogP contribution in [-0.4, -0.2) is 13.2 Å². The Kier molecular flexibility index (Phi) is 4.64. The number of hydrogen-bond donors (Lipinski definition) is 0. The molecule has 0 spiro atoms. The lowest BCUT2D eigenvalue weighted by atomic mass is 10.0. The van der Waals surface area contributed by atoms with Crippen molar-refractivity contribution in [3.63, 3.8) is 0 Å². The summed E-state index contributed by atoms with van der Waals surface area (Å²) in [4.78, 5) is 13.0. The summed E-state index contributed by atoms with van der Waals surface area (Å²) in [5.74, 6) is 2.27. The summed E-state index contributed by atoms with van der Waals surface area (Å²) >= 11 is 1.67. The lowest BCUT2D eigenvalue weighted by Gasteiger charge is -2.10. The van der Waals surface area contributed by atoms with E-state index in [9.17, 15) is 4.79 Å². The zero-order chi connectivity index (χ0) is 18.1. The first-order valence-electron chi connectivity index (χ1n) is 8.66. The number of thioether (sulfide) groups is 1. The Morgan fingerprint density at radius 1 is 0.962 bits per heavy atom. The molecule has 0 saturated heterocycles. The molecule has 0 amide bonds. The predicted octanol–water partition coefficient (Wildman–Crippen LogP) is 4.86. The highest BCUT2D eigenvalue weighted by Gasteiger charge is 2.12. The number of fused-ring (bicyclic) bond motifs is 2. The third-order valence-electron chi connectivity index (χ3n) is 4.56. The van der Waals surface area contributed by atoms with Gasteiger partial charge in [0.25, 0.3) is 0 Å². The van der Waals surface area contributed by atoms with Gasteiger partial charge in [0.05, 0.1) is 13.2 Å². The van der Waals surface area contributed by atoms with Gasteiger partial charge in [0.2, 0.25) is 0 Å². The highest BCUT2D eigenvalue weighted by molar-refractivity contribution is 7.98. The Bertz CT molecular complexity index is 1020. The average molecular weight is 368 g/mol. The van der Waals surface area contributed by atoms with Crippen LogP contribution < -0.4 is 15.1 Å². The second-order valence-corrected chi connectivity index (χ2v) is 7.52. The van der Waals surface area contributed by atoms with Crippen molar-refractivity contribution in [1.29, 1.82) is 0 Å². The molecule has 0 atom stereocenters. The minimum atomic E-state index is -0.310. The van der Waals surface area contributed by atoms with Gasteiger partial charge in [0, 0.05) is 28.5 Å². The van der Waals surface area contributed by atoms with Gasteiger partial charge in [-0.2, -0.15) is 0 Å². The van der Waals surface area contributed by atoms with Gasteiger partial charge in [-0.1, -0.05) is 0 Å². The van der Waals surface area contributed by atoms with E-state index in [0.29, 0.717) is 24.5 Å². The second kappa shape index (κ2) is 7.08. The fraction of sp³-hybridized carbons (Fsp3) is 0.286. The van der Waals surface area contributed by atoms with Crippen LogP contribution in [0, 0.1) is 13.8 Å². The van der Waals surface area contributed by atoms with E-state index in [0.717, 1.165) is 39.3 Å². The van der Waals surface area contributed by atoms with E-state index in [-0.39, 0.29) is 5.63 Å². The van der Waals surface area contributed by atoms with Gasteiger partial charge >= 0.3 is 5.63 Å². The van der Waals surface area contributed by atoms with Crippen molar-refractivity contribution < 1.29 is 13.9 Å². The highest BCUT2D eigenvalue weighted by Crippen LogP contribution is 2.35. The van der Waals surface area contributed by atoms with Crippen LogP contribution in [0.25, 0.3) is 11.0 Å². The van der Waals surface area contributed by atoms with Crippen molar-refractivity contribution in [2.45, 2.75) is 30.9 Å². The van der Waals surface area contributed by atoms with E-state index in [1.807, 2.05) is 31.2 Å². The molecular formula is C21H20O4S. The first-order chi connectivity index (χ1) is 12.6. The average Bonchev–Trinajstić information content (AvgIpc) is 2.86. The number of aryl methyl sites for hydroxylation is 2. The van der Waals surface area contributed by atoms with E-state index in [1.165, 1.54) is 5.56 Å². The number of ether oxygens (including phenoxy) is 2. The summed E-state index contributed by atoms with van der Waals surface area (Å²) in [6.45, 7) is 5.45. The van der Waals surface area contributed by atoms with Gasteiger partial charge in [0.15, 0.2) is 11.5 Å². The van der Waals surface area contributed by atoms with Crippen molar-refractivity contribution in [1.82, 2.24) is 0 Å². The third kappa shape index (κ3) is 3.44. The number of benzene rings is 2. The monoisotopic (exact) mass is 368 g/mol. The molecule has 0 N–H and O–H groups in total. The molecule has 2 aromatic carbocycles. The molecule has 26 heavy (non-hydrogen) atoms. The van der Waals surface area contributed by atoms with Gasteiger partial charge in [-0.05, 0) is 60.9 Å². The molecule has 1 aliphatic heterocycles. The Labute approximate surface area is 156 Å². The summed E-state index contributed by atoms with van der Waals surface area (Å²) in [7, 11) is 0. The topological polar surface area (TPSA) is 48.7 Å². The molecule has 2 heterocycles. The molecule has 0 unspecified atom stereocenters. The molecule has 4 nitrogen and oxygen atoms in total. The van der Waals surface area contributed by atoms with E-state index in [1.54, 1.807) is 17.8 Å². The first-order valence-corrected chi connectivity index (χ1v) is 9.65. The van der Waals surface area contributed by atoms with Crippen LogP contribution in [0.2, 0.25) is 0 Å². The maximum Gasteiger partial charge on any atom is 0.336 e.